The highest BCUT2D eigenvalue weighted by atomic mass is 16.5. The van der Waals surface area contributed by atoms with Gasteiger partial charge in [0.15, 0.2) is 0 Å². The van der Waals surface area contributed by atoms with Crippen LogP contribution in [0.25, 0.3) is 0 Å². The summed E-state index contributed by atoms with van der Waals surface area (Å²) in [6.07, 6.45) is 5.85. The summed E-state index contributed by atoms with van der Waals surface area (Å²) in [6.45, 7) is 4.87. The maximum absolute atomic E-state index is 13.3. The Morgan fingerprint density at radius 3 is 2.44 bits per heavy atom. The van der Waals surface area contributed by atoms with Crippen molar-refractivity contribution in [2.75, 3.05) is 13.7 Å². The van der Waals surface area contributed by atoms with Crippen LogP contribution in [0.4, 0.5) is 0 Å². The van der Waals surface area contributed by atoms with E-state index in [2.05, 4.69) is 11.4 Å². The van der Waals surface area contributed by atoms with Gasteiger partial charge in [-0.3, -0.25) is 9.59 Å². The Kier molecular flexibility index (Phi) is 9.80. The maximum Gasteiger partial charge on any atom is 0.243 e. The minimum Gasteiger partial charge on any atom is -0.497 e. The lowest BCUT2D eigenvalue weighted by Gasteiger charge is -2.31. The van der Waals surface area contributed by atoms with Gasteiger partial charge in [-0.1, -0.05) is 49.6 Å². The molecule has 0 aromatic heterocycles. The molecule has 6 nitrogen and oxygen atoms in total. The first-order chi connectivity index (χ1) is 16.5. The quantitative estimate of drug-likeness (QED) is 0.446. The molecule has 0 aliphatic heterocycles. The van der Waals surface area contributed by atoms with Gasteiger partial charge in [0.05, 0.1) is 13.7 Å². The molecule has 0 saturated heterocycles. The molecule has 1 aliphatic rings. The second kappa shape index (κ2) is 13.0. The molecule has 2 aromatic rings. The van der Waals surface area contributed by atoms with Crippen LogP contribution in [0, 0.1) is 6.92 Å². The molecule has 184 valence electrons. The number of nitrogens with zero attached hydrogens (tertiary/aromatic N) is 1. The fourth-order valence-corrected chi connectivity index (χ4v) is 4.52. The highest BCUT2D eigenvalue weighted by Gasteiger charge is 2.30. The molecule has 34 heavy (non-hydrogen) atoms. The van der Waals surface area contributed by atoms with Gasteiger partial charge in [0.25, 0.3) is 0 Å². The lowest BCUT2D eigenvalue weighted by atomic mass is 10.1. The van der Waals surface area contributed by atoms with E-state index in [9.17, 15) is 9.59 Å². The van der Waals surface area contributed by atoms with Gasteiger partial charge in [0, 0.05) is 19.0 Å². The predicted octanol–water partition coefficient (Wildman–Crippen LogP) is 5.03. The van der Waals surface area contributed by atoms with Crippen molar-refractivity contribution >= 4 is 11.8 Å². The third kappa shape index (κ3) is 7.51. The third-order valence-electron chi connectivity index (χ3n) is 6.39. The molecule has 3 rings (SSSR count). The van der Waals surface area contributed by atoms with Gasteiger partial charge in [-0.15, -0.1) is 0 Å². The van der Waals surface area contributed by atoms with Crippen LogP contribution in [-0.4, -0.2) is 42.5 Å². The second-order valence-corrected chi connectivity index (χ2v) is 9.05. The van der Waals surface area contributed by atoms with E-state index in [1.165, 1.54) is 0 Å². The summed E-state index contributed by atoms with van der Waals surface area (Å²) >= 11 is 0. The number of amides is 2. The topological polar surface area (TPSA) is 67.9 Å². The SMILES string of the molecule is CCC(C(=O)NC1CCCC1)N(Cc1cccc(C)c1)C(=O)CCCOc1ccc(OC)cc1. The van der Waals surface area contributed by atoms with Crippen molar-refractivity contribution in [1.29, 1.82) is 0 Å². The van der Waals surface area contributed by atoms with Crippen LogP contribution >= 0.6 is 0 Å². The van der Waals surface area contributed by atoms with Crippen LogP contribution in [0.1, 0.15) is 63.0 Å². The van der Waals surface area contributed by atoms with Gasteiger partial charge in [-0.2, -0.15) is 0 Å². The Morgan fingerprint density at radius 2 is 1.79 bits per heavy atom. The molecule has 0 bridgehead atoms. The third-order valence-corrected chi connectivity index (χ3v) is 6.39. The molecule has 1 unspecified atom stereocenters. The zero-order valence-corrected chi connectivity index (χ0v) is 20.7. The highest BCUT2D eigenvalue weighted by molar-refractivity contribution is 5.87. The van der Waals surface area contributed by atoms with E-state index in [-0.39, 0.29) is 17.9 Å². The summed E-state index contributed by atoms with van der Waals surface area (Å²) in [4.78, 5) is 28.3. The van der Waals surface area contributed by atoms with E-state index in [0.717, 1.165) is 48.3 Å². The normalized spacial score (nSPS) is 14.4. The van der Waals surface area contributed by atoms with E-state index < -0.39 is 6.04 Å². The molecule has 1 N–H and O–H groups in total. The molecule has 0 radical (unpaired) electrons. The molecule has 1 atom stereocenters. The fraction of sp³-hybridized carbons (Fsp3) is 0.500. The molecule has 0 heterocycles. The highest BCUT2D eigenvalue weighted by Crippen LogP contribution is 2.21. The van der Waals surface area contributed by atoms with Crippen molar-refractivity contribution < 1.29 is 19.1 Å². The number of carbonyl (C=O) groups excluding carboxylic acids is 2. The van der Waals surface area contributed by atoms with Crippen LogP contribution in [-0.2, 0) is 16.1 Å². The minimum atomic E-state index is -0.476. The molecular weight excluding hydrogens is 428 g/mol. The molecular formula is C28H38N2O4. The minimum absolute atomic E-state index is 0.0201. The lowest BCUT2D eigenvalue weighted by molar-refractivity contribution is -0.141. The first kappa shape index (κ1) is 25.6. The average Bonchev–Trinajstić information content (AvgIpc) is 3.35. The Labute approximate surface area is 203 Å². The smallest absolute Gasteiger partial charge is 0.243 e. The van der Waals surface area contributed by atoms with Gasteiger partial charge < -0.3 is 19.7 Å². The first-order valence-corrected chi connectivity index (χ1v) is 12.4. The number of rotatable bonds is 12. The van der Waals surface area contributed by atoms with Crippen molar-refractivity contribution in [3.8, 4) is 11.5 Å². The van der Waals surface area contributed by atoms with E-state index in [1.54, 1.807) is 12.0 Å². The first-order valence-electron chi connectivity index (χ1n) is 12.4. The summed E-state index contributed by atoms with van der Waals surface area (Å²) in [6, 6.07) is 15.3. The van der Waals surface area contributed by atoms with Gasteiger partial charge >= 0.3 is 0 Å². The number of ether oxygens (including phenoxy) is 2. The molecule has 6 heteroatoms. The maximum atomic E-state index is 13.3. The number of aryl methyl sites for hydroxylation is 1. The Bertz CT molecular complexity index is 922. The van der Waals surface area contributed by atoms with Gasteiger partial charge in [-0.05, 0) is 62.4 Å². The van der Waals surface area contributed by atoms with E-state index in [1.807, 2.05) is 56.3 Å². The summed E-state index contributed by atoms with van der Waals surface area (Å²) in [5.74, 6) is 1.46. The monoisotopic (exact) mass is 466 g/mol. The zero-order valence-electron chi connectivity index (χ0n) is 20.7. The summed E-state index contributed by atoms with van der Waals surface area (Å²) in [7, 11) is 1.63. The van der Waals surface area contributed by atoms with Crippen LogP contribution in [0.15, 0.2) is 48.5 Å². The van der Waals surface area contributed by atoms with E-state index in [4.69, 9.17) is 9.47 Å². The standard InChI is InChI=1S/C28H38N2O4/c1-4-26(28(32)29-23-11-5-6-12-23)30(20-22-10-7-9-21(2)19-22)27(31)13-8-18-34-25-16-14-24(33-3)15-17-25/h7,9-10,14-17,19,23,26H,4-6,8,11-13,18,20H2,1-3H3,(H,29,32). The lowest BCUT2D eigenvalue weighted by Crippen LogP contribution is -2.50. The summed E-state index contributed by atoms with van der Waals surface area (Å²) < 4.78 is 11.0. The Hall–Kier alpha value is -3.02. The summed E-state index contributed by atoms with van der Waals surface area (Å²) in [5.41, 5.74) is 2.18. The molecule has 1 fully saturated rings. The number of benzene rings is 2. The van der Waals surface area contributed by atoms with Crippen LogP contribution in [0.5, 0.6) is 11.5 Å². The van der Waals surface area contributed by atoms with Crippen molar-refractivity contribution in [2.24, 2.45) is 0 Å². The second-order valence-electron chi connectivity index (χ2n) is 9.05. The van der Waals surface area contributed by atoms with Crippen LogP contribution < -0.4 is 14.8 Å². The van der Waals surface area contributed by atoms with Crippen molar-refractivity contribution in [2.45, 2.75) is 77.4 Å². The Morgan fingerprint density at radius 1 is 1.09 bits per heavy atom. The van der Waals surface area contributed by atoms with Gasteiger partial charge in [0.1, 0.15) is 17.5 Å². The van der Waals surface area contributed by atoms with Gasteiger partial charge in [-0.25, -0.2) is 0 Å². The summed E-state index contributed by atoms with van der Waals surface area (Å²) in [5, 5.41) is 3.19. The zero-order chi connectivity index (χ0) is 24.3. The Balaban J connectivity index is 1.63. The largest absolute Gasteiger partial charge is 0.497 e. The number of carbonyl (C=O) groups is 2. The van der Waals surface area contributed by atoms with Crippen LogP contribution in [0.3, 0.4) is 0 Å². The van der Waals surface area contributed by atoms with Gasteiger partial charge in [0.2, 0.25) is 11.8 Å². The average molecular weight is 467 g/mol. The van der Waals surface area contributed by atoms with Crippen molar-refractivity contribution in [1.82, 2.24) is 10.2 Å². The van der Waals surface area contributed by atoms with Crippen LogP contribution in [0.2, 0.25) is 0 Å². The molecule has 0 spiro atoms. The van der Waals surface area contributed by atoms with E-state index >= 15 is 0 Å². The van der Waals surface area contributed by atoms with Crippen molar-refractivity contribution in [3.05, 3.63) is 59.7 Å². The molecule has 1 saturated carbocycles. The molecule has 2 amide bonds. The molecule has 2 aromatic carbocycles. The fourth-order valence-electron chi connectivity index (χ4n) is 4.52. The predicted molar refractivity (Wildman–Crippen MR) is 134 cm³/mol. The van der Waals surface area contributed by atoms with Crippen molar-refractivity contribution in [3.63, 3.8) is 0 Å². The molecule has 1 aliphatic carbocycles. The number of nitrogens with one attached hydrogen (secondary N) is 1. The number of methoxy groups -OCH3 is 1. The van der Waals surface area contributed by atoms with E-state index in [0.29, 0.717) is 32.4 Å². The number of hydrogen-bond acceptors (Lipinski definition) is 4. The number of hydrogen-bond donors (Lipinski definition) is 1.